The lowest BCUT2D eigenvalue weighted by atomic mass is 10.00. The van der Waals surface area contributed by atoms with Gasteiger partial charge < -0.3 is 4.57 Å². The molecule has 0 fully saturated rings. The summed E-state index contributed by atoms with van der Waals surface area (Å²) >= 11 is 0. The van der Waals surface area contributed by atoms with Crippen molar-refractivity contribution in [3.05, 3.63) is 170 Å². The lowest BCUT2D eigenvalue weighted by molar-refractivity contribution is 1.08. The summed E-state index contributed by atoms with van der Waals surface area (Å²) in [6, 6.07) is 59.4. The number of nitrogens with zero attached hydrogens (tertiary/aromatic N) is 4. The molecule has 0 spiro atoms. The Bertz CT molecular complexity index is 3290. The van der Waals surface area contributed by atoms with Gasteiger partial charge in [-0.05, 0) is 106 Å². The normalized spacial score (nSPS) is 12.2. The maximum Gasteiger partial charge on any atom is 0.138 e. The van der Waals surface area contributed by atoms with E-state index in [0.29, 0.717) is 0 Å². The highest BCUT2D eigenvalue weighted by atomic mass is 15.1. The lowest BCUT2D eigenvalue weighted by Gasteiger charge is -2.10. The highest BCUT2D eigenvalue weighted by molar-refractivity contribution is 6.16. The second kappa shape index (κ2) is 10.3. The Kier molecular flexibility index (Phi) is 5.47. The van der Waals surface area contributed by atoms with Crippen LogP contribution in [0.25, 0.3) is 110 Å². The van der Waals surface area contributed by atoms with Gasteiger partial charge in [-0.15, -0.1) is 0 Å². The van der Waals surface area contributed by atoms with Crippen molar-refractivity contribution in [2.75, 3.05) is 0 Å². The molecule has 4 aromatic heterocycles. The first-order valence-electron chi connectivity index (χ1n) is 17.7. The number of aromatic nitrogens is 4. The predicted octanol–water partition coefficient (Wildman–Crippen LogP) is 12.3. The smallest absolute Gasteiger partial charge is 0.138 e. The van der Waals surface area contributed by atoms with Crippen LogP contribution < -0.4 is 0 Å². The molecule has 0 amide bonds. The van der Waals surface area contributed by atoms with Crippen molar-refractivity contribution in [2.24, 2.45) is 0 Å². The van der Waals surface area contributed by atoms with E-state index in [0.717, 1.165) is 33.8 Å². The maximum absolute atomic E-state index is 5.39. The first-order chi connectivity index (χ1) is 25.8. The SMILES string of the molecule is c1ccc(-n2c3ccccc3c3cc(-c4ccc5c(c4)c4cc6ccccc6cc4n5-c4ccc5c(n4)-c4nccc6cccc-5c46)ccc32)cc1. The zero-order chi connectivity index (χ0) is 33.9. The molecular weight excluding hydrogens is 633 g/mol. The van der Waals surface area contributed by atoms with Crippen LogP contribution in [0.15, 0.2) is 170 Å². The van der Waals surface area contributed by atoms with Crippen molar-refractivity contribution in [3.8, 4) is 45.1 Å². The van der Waals surface area contributed by atoms with Crippen molar-refractivity contribution >= 4 is 65.2 Å². The zero-order valence-corrected chi connectivity index (χ0v) is 28.0. The van der Waals surface area contributed by atoms with Crippen LogP contribution in [0.5, 0.6) is 0 Å². The van der Waals surface area contributed by atoms with Gasteiger partial charge in [-0.2, -0.15) is 0 Å². The Balaban J connectivity index is 1.09. The van der Waals surface area contributed by atoms with Gasteiger partial charge in [-0.25, -0.2) is 4.98 Å². The average molecular weight is 661 g/mol. The first-order valence-corrected chi connectivity index (χ1v) is 17.7. The van der Waals surface area contributed by atoms with Crippen molar-refractivity contribution in [2.45, 2.75) is 0 Å². The molecule has 0 aliphatic heterocycles. The van der Waals surface area contributed by atoms with E-state index >= 15 is 0 Å². The summed E-state index contributed by atoms with van der Waals surface area (Å²) in [6.45, 7) is 0. The van der Waals surface area contributed by atoms with Crippen molar-refractivity contribution in [3.63, 3.8) is 0 Å². The Morgan fingerprint density at radius 2 is 1.06 bits per heavy atom. The van der Waals surface area contributed by atoms with Crippen molar-refractivity contribution in [1.29, 1.82) is 0 Å². The number of rotatable bonds is 3. The van der Waals surface area contributed by atoms with Crippen LogP contribution in [-0.4, -0.2) is 19.1 Å². The predicted molar refractivity (Wildman–Crippen MR) is 216 cm³/mol. The van der Waals surface area contributed by atoms with Crippen LogP contribution in [0.4, 0.5) is 0 Å². The highest BCUT2D eigenvalue weighted by Crippen LogP contribution is 2.46. The van der Waals surface area contributed by atoms with Gasteiger partial charge in [-0.3, -0.25) is 9.55 Å². The third kappa shape index (κ3) is 3.75. The van der Waals surface area contributed by atoms with Crippen molar-refractivity contribution < 1.29 is 0 Å². The summed E-state index contributed by atoms with van der Waals surface area (Å²) in [6.07, 6.45) is 1.90. The van der Waals surface area contributed by atoms with Crippen LogP contribution in [0.3, 0.4) is 0 Å². The molecule has 7 aromatic carbocycles. The van der Waals surface area contributed by atoms with Gasteiger partial charge in [0.15, 0.2) is 0 Å². The van der Waals surface area contributed by atoms with Gasteiger partial charge in [0.2, 0.25) is 0 Å². The molecule has 0 atom stereocenters. The third-order valence-electron chi connectivity index (χ3n) is 11.1. The molecule has 0 N–H and O–H groups in total. The van der Waals surface area contributed by atoms with Crippen LogP contribution in [0.1, 0.15) is 0 Å². The molecular formula is C48H28N4. The monoisotopic (exact) mass is 660 g/mol. The number of para-hydroxylation sites is 2. The number of pyridine rings is 2. The minimum atomic E-state index is 0.892. The molecule has 1 aliphatic rings. The van der Waals surface area contributed by atoms with Crippen molar-refractivity contribution in [1.82, 2.24) is 19.1 Å². The summed E-state index contributed by atoms with van der Waals surface area (Å²) in [5.41, 5.74) is 12.5. The molecule has 240 valence electrons. The van der Waals surface area contributed by atoms with Gasteiger partial charge >= 0.3 is 0 Å². The fraction of sp³-hybridized carbons (Fsp3) is 0. The van der Waals surface area contributed by atoms with E-state index in [1.165, 1.54) is 76.5 Å². The molecule has 0 saturated carbocycles. The summed E-state index contributed by atoms with van der Waals surface area (Å²) in [4.78, 5) is 10.2. The molecule has 4 nitrogen and oxygen atoms in total. The zero-order valence-electron chi connectivity index (χ0n) is 28.0. The van der Waals surface area contributed by atoms with Gasteiger partial charge in [0, 0.05) is 44.4 Å². The molecule has 1 aliphatic carbocycles. The number of hydrogen-bond donors (Lipinski definition) is 0. The molecule has 4 heteroatoms. The van der Waals surface area contributed by atoms with E-state index < -0.39 is 0 Å². The summed E-state index contributed by atoms with van der Waals surface area (Å²) < 4.78 is 4.70. The lowest BCUT2D eigenvalue weighted by Crippen LogP contribution is -1.99. The Labute approximate surface area is 298 Å². The highest BCUT2D eigenvalue weighted by Gasteiger charge is 2.25. The average Bonchev–Trinajstić information content (AvgIpc) is 3.83. The Morgan fingerprint density at radius 3 is 1.90 bits per heavy atom. The second-order valence-corrected chi connectivity index (χ2v) is 13.8. The van der Waals surface area contributed by atoms with Gasteiger partial charge in [0.1, 0.15) is 5.82 Å². The minimum absolute atomic E-state index is 0.892. The second-order valence-electron chi connectivity index (χ2n) is 13.8. The molecule has 12 rings (SSSR count). The van der Waals surface area contributed by atoms with E-state index in [4.69, 9.17) is 9.97 Å². The molecule has 0 bridgehead atoms. The first kappa shape index (κ1) is 27.7. The number of benzene rings is 7. The van der Waals surface area contributed by atoms with E-state index in [1.54, 1.807) is 0 Å². The van der Waals surface area contributed by atoms with Crippen LogP contribution in [0.2, 0.25) is 0 Å². The molecule has 0 saturated heterocycles. The van der Waals surface area contributed by atoms with Gasteiger partial charge in [-0.1, -0.05) is 91.0 Å². The standard InChI is InChI=1S/C48H28N4/c1-2-12-34(13-3-1)51-41-16-7-6-14-35(41)38-26-32(17-20-42(38)51)33-18-21-43-39(27-33)40-25-30-9-4-5-10-31(30)28-44(40)52(43)45-22-19-37-36-15-8-11-29-23-24-49-48(46(29)36)47(37)50-45/h1-28H. The van der Waals surface area contributed by atoms with E-state index in [1.807, 2.05) is 6.20 Å². The molecule has 0 radical (unpaired) electrons. The van der Waals surface area contributed by atoms with Crippen LogP contribution in [-0.2, 0) is 0 Å². The third-order valence-corrected chi connectivity index (χ3v) is 11.1. The Hall–Kier alpha value is -7.04. The molecule has 4 heterocycles. The van der Waals surface area contributed by atoms with Crippen LogP contribution >= 0.6 is 0 Å². The maximum atomic E-state index is 5.39. The fourth-order valence-electron chi connectivity index (χ4n) is 8.74. The van der Waals surface area contributed by atoms with E-state index in [-0.39, 0.29) is 0 Å². The largest absolute Gasteiger partial charge is 0.309 e. The van der Waals surface area contributed by atoms with E-state index in [9.17, 15) is 0 Å². The summed E-state index contributed by atoms with van der Waals surface area (Å²) in [5, 5.41) is 9.73. The van der Waals surface area contributed by atoms with Gasteiger partial charge in [0.25, 0.3) is 0 Å². The molecule has 0 unspecified atom stereocenters. The molecule has 11 aromatic rings. The summed E-state index contributed by atoms with van der Waals surface area (Å²) in [7, 11) is 0. The number of fused-ring (bicyclic) bond motifs is 10. The Morgan fingerprint density at radius 1 is 0.385 bits per heavy atom. The minimum Gasteiger partial charge on any atom is -0.309 e. The van der Waals surface area contributed by atoms with Gasteiger partial charge in [0.05, 0.1) is 33.5 Å². The quantitative estimate of drug-likeness (QED) is 0.189. The summed E-state index contributed by atoms with van der Waals surface area (Å²) in [5.74, 6) is 0.892. The topological polar surface area (TPSA) is 35.6 Å². The van der Waals surface area contributed by atoms with Crippen LogP contribution in [0, 0.1) is 0 Å². The number of hydrogen-bond acceptors (Lipinski definition) is 2. The van der Waals surface area contributed by atoms with E-state index in [2.05, 4.69) is 173 Å². The fourth-order valence-corrected chi connectivity index (χ4v) is 8.74. The molecule has 52 heavy (non-hydrogen) atoms.